The molecule has 0 aliphatic carbocycles. The largest absolute Gasteiger partial charge is 0.456 e. The van der Waals surface area contributed by atoms with Crippen LogP contribution < -0.4 is 0 Å². The van der Waals surface area contributed by atoms with E-state index < -0.39 is 77.6 Å². The van der Waals surface area contributed by atoms with Gasteiger partial charge in [0.05, 0.1) is 15.1 Å². The number of aromatic nitrogens is 3. The molecule has 49 heavy (non-hydrogen) atoms. The van der Waals surface area contributed by atoms with E-state index in [1.54, 1.807) is 24.3 Å². The van der Waals surface area contributed by atoms with Gasteiger partial charge in [0.25, 0.3) is 0 Å². The van der Waals surface area contributed by atoms with E-state index in [1.807, 2.05) is 60.7 Å². The SMILES string of the molecule is [2H]c1c([2H])c(-c2nc(-c3ccccc3)nc(-c3ccc(-c4cccc(-c5ccccc5)c4)cc3)n2)c([2H])c(-c2c([2H])c([2H])c3c(oc4c([2H])c([2H])c([2H])c([2H])c43)c2[2H])c1[2H]. The van der Waals surface area contributed by atoms with Crippen molar-refractivity contribution in [2.45, 2.75) is 0 Å². The smallest absolute Gasteiger partial charge is 0.164 e. The molecule has 0 saturated heterocycles. The maximum Gasteiger partial charge on any atom is 0.164 e. The summed E-state index contributed by atoms with van der Waals surface area (Å²) < 4.78 is 102. The molecular weight excluding hydrogens is 599 g/mol. The lowest BCUT2D eigenvalue weighted by Gasteiger charge is -2.10. The van der Waals surface area contributed by atoms with Crippen molar-refractivity contribution in [1.82, 2.24) is 15.0 Å². The molecule has 230 valence electrons. The Labute approximate surface area is 299 Å². The zero-order valence-electron chi connectivity index (χ0n) is 36.6. The van der Waals surface area contributed by atoms with Crippen molar-refractivity contribution < 1.29 is 19.5 Å². The third kappa shape index (κ3) is 5.56. The third-order valence-electron chi connectivity index (χ3n) is 8.10. The van der Waals surface area contributed by atoms with E-state index >= 15 is 0 Å². The van der Waals surface area contributed by atoms with Crippen molar-refractivity contribution >= 4 is 21.9 Å². The Morgan fingerprint density at radius 3 is 1.63 bits per heavy atom. The van der Waals surface area contributed by atoms with Gasteiger partial charge >= 0.3 is 0 Å². The summed E-state index contributed by atoms with van der Waals surface area (Å²) in [6, 6.07) is 28.5. The van der Waals surface area contributed by atoms with Crippen LogP contribution in [0.2, 0.25) is 0 Å². The van der Waals surface area contributed by atoms with Crippen LogP contribution >= 0.6 is 0 Å². The molecule has 9 aromatic rings. The van der Waals surface area contributed by atoms with Gasteiger partial charge in [-0.15, -0.1) is 0 Å². The fraction of sp³-hybridized carbons (Fsp3) is 0. The van der Waals surface area contributed by atoms with E-state index in [0.29, 0.717) is 11.1 Å². The van der Waals surface area contributed by atoms with Crippen LogP contribution in [0.3, 0.4) is 0 Å². The molecule has 0 spiro atoms. The number of rotatable bonds is 6. The highest BCUT2D eigenvalue weighted by Crippen LogP contribution is 2.34. The van der Waals surface area contributed by atoms with Crippen LogP contribution in [0.25, 0.3) is 89.5 Å². The van der Waals surface area contributed by atoms with Crippen LogP contribution in [-0.4, -0.2) is 15.0 Å². The van der Waals surface area contributed by atoms with Gasteiger partial charge in [0, 0.05) is 27.5 Å². The molecule has 0 unspecified atom stereocenters. The summed E-state index contributed by atoms with van der Waals surface area (Å²) in [7, 11) is 0. The van der Waals surface area contributed by atoms with E-state index in [-0.39, 0.29) is 45.0 Å². The maximum atomic E-state index is 9.46. The summed E-state index contributed by atoms with van der Waals surface area (Å²) in [4.78, 5) is 14.2. The van der Waals surface area contributed by atoms with Gasteiger partial charge in [0.1, 0.15) is 11.2 Å². The fourth-order valence-corrected chi connectivity index (χ4v) is 5.66. The highest BCUT2D eigenvalue weighted by molar-refractivity contribution is 6.05. The van der Waals surface area contributed by atoms with E-state index in [1.165, 1.54) is 0 Å². The fourth-order valence-electron chi connectivity index (χ4n) is 5.66. The van der Waals surface area contributed by atoms with Crippen molar-refractivity contribution in [3.05, 3.63) is 176 Å². The Bertz CT molecular complexity index is 3210. The number of hydrogen-bond acceptors (Lipinski definition) is 4. The van der Waals surface area contributed by atoms with Gasteiger partial charge in [-0.2, -0.15) is 0 Å². The second kappa shape index (κ2) is 12.2. The molecule has 7 aromatic carbocycles. The predicted octanol–water partition coefficient (Wildman–Crippen LogP) is 11.8. The predicted molar refractivity (Wildman–Crippen MR) is 200 cm³/mol. The lowest BCUT2D eigenvalue weighted by atomic mass is 9.98. The van der Waals surface area contributed by atoms with Crippen molar-refractivity contribution in [1.29, 1.82) is 0 Å². The number of benzene rings is 7. The number of fused-ring (bicyclic) bond motifs is 3. The normalized spacial score (nSPS) is 14.4. The maximum absolute atomic E-state index is 9.46. The Hall–Kier alpha value is -6.65. The molecule has 0 N–H and O–H groups in total. The quantitative estimate of drug-likeness (QED) is 0.182. The minimum absolute atomic E-state index is 0.166. The number of nitrogens with zero attached hydrogens (tertiary/aromatic N) is 3. The van der Waals surface area contributed by atoms with Gasteiger partial charge in [-0.3, -0.25) is 0 Å². The summed E-state index contributed by atoms with van der Waals surface area (Å²) >= 11 is 0. The molecule has 0 saturated carbocycles. The lowest BCUT2D eigenvalue weighted by molar-refractivity contribution is 0.669. The summed E-state index contributed by atoms with van der Waals surface area (Å²) in [5.41, 5.74) is 3.52. The first kappa shape index (κ1) is 19.2. The van der Waals surface area contributed by atoms with E-state index in [9.17, 15) is 2.74 Å². The topological polar surface area (TPSA) is 51.8 Å². The van der Waals surface area contributed by atoms with Crippen LogP contribution in [0.5, 0.6) is 0 Å². The van der Waals surface area contributed by atoms with Crippen LogP contribution in [0.1, 0.15) is 15.1 Å². The van der Waals surface area contributed by atoms with Crippen molar-refractivity contribution in [3.63, 3.8) is 0 Å². The number of hydrogen-bond donors (Lipinski definition) is 0. The average Bonchev–Trinajstić information content (AvgIpc) is 3.69. The van der Waals surface area contributed by atoms with E-state index in [4.69, 9.17) is 26.7 Å². The van der Waals surface area contributed by atoms with Crippen LogP contribution in [-0.2, 0) is 0 Å². The van der Waals surface area contributed by atoms with Gasteiger partial charge in [-0.25, -0.2) is 15.0 Å². The molecule has 2 aromatic heterocycles. The highest BCUT2D eigenvalue weighted by Gasteiger charge is 2.14. The van der Waals surface area contributed by atoms with Gasteiger partial charge in [0.2, 0.25) is 0 Å². The molecule has 0 bridgehead atoms. The van der Waals surface area contributed by atoms with E-state index in [0.717, 1.165) is 22.3 Å². The molecule has 2 heterocycles. The summed E-state index contributed by atoms with van der Waals surface area (Å²) in [5, 5.41) is -0.364. The molecule has 4 heteroatoms. The van der Waals surface area contributed by atoms with Crippen molar-refractivity contribution in [3.8, 4) is 67.5 Å². The molecule has 0 aliphatic heterocycles. The first-order chi connectivity index (χ1) is 28.8. The zero-order valence-corrected chi connectivity index (χ0v) is 25.6. The van der Waals surface area contributed by atoms with Gasteiger partial charge in [-0.05, 0) is 63.6 Å². The van der Waals surface area contributed by atoms with Crippen LogP contribution in [0.15, 0.2) is 180 Å². The minimum atomic E-state index is -0.653. The zero-order chi connectivity index (χ0) is 42.1. The van der Waals surface area contributed by atoms with E-state index in [2.05, 4.69) is 29.2 Å². The van der Waals surface area contributed by atoms with Crippen LogP contribution in [0, 0.1) is 0 Å². The summed E-state index contributed by atoms with van der Waals surface area (Å²) in [6.07, 6.45) is 0. The Morgan fingerprint density at radius 2 is 0.898 bits per heavy atom. The standard InChI is InChI=1S/C45H29N3O/c1-3-11-30(12-4-1)34-15-9-16-35(27-34)31-21-23-33(24-22-31)44-46-43(32-13-5-2-6-14-32)47-45(48-44)38-18-10-17-36(28-38)37-25-26-40-39-19-7-8-20-41(39)49-42(40)29-37/h1-29H/i7D,8D,10D,17D,18D,19D,20D,25D,26D,28D,29D. The van der Waals surface area contributed by atoms with Gasteiger partial charge < -0.3 is 4.42 Å². The monoisotopic (exact) mass is 638 g/mol. The Kier molecular flexibility index (Phi) is 4.78. The molecule has 4 nitrogen and oxygen atoms in total. The van der Waals surface area contributed by atoms with Crippen molar-refractivity contribution in [2.75, 3.05) is 0 Å². The third-order valence-corrected chi connectivity index (χ3v) is 8.10. The van der Waals surface area contributed by atoms with Gasteiger partial charge in [0.15, 0.2) is 17.5 Å². The molecule has 0 atom stereocenters. The number of furan rings is 1. The average molecular weight is 639 g/mol. The first-order valence-corrected chi connectivity index (χ1v) is 15.5. The summed E-state index contributed by atoms with van der Waals surface area (Å²) in [5.74, 6) is 0.238. The molecule has 0 fully saturated rings. The van der Waals surface area contributed by atoms with Crippen molar-refractivity contribution in [2.24, 2.45) is 0 Å². The second-order valence-corrected chi connectivity index (χ2v) is 11.2. The highest BCUT2D eigenvalue weighted by atomic mass is 16.3. The molecule has 0 radical (unpaired) electrons. The van der Waals surface area contributed by atoms with Crippen LogP contribution in [0.4, 0.5) is 0 Å². The second-order valence-electron chi connectivity index (χ2n) is 11.2. The lowest BCUT2D eigenvalue weighted by Crippen LogP contribution is -2.00. The van der Waals surface area contributed by atoms with Gasteiger partial charge in [-0.1, -0.05) is 145 Å². The molecule has 0 aliphatic rings. The Morgan fingerprint density at radius 1 is 0.367 bits per heavy atom. The first-order valence-electron chi connectivity index (χ1n) is 21.0. The molecular formula is C45H29N3O. The minimum Gasteiger partial charge on any atom is -0.456 e. The molecule has 0 amide bonds. The number of para-hydroxylation sites is 1. The summed E-state index contributed by atoms with van der Waals surface area (Å²) in [6.45, 7) is 0. The Balaban J connectivity index is 1.23. The molecule has 9 rings (SSSR count).